The summed E-state index contributed by atoms with van der Waals surface area (Å²) in [5, 5.41) is 0. The molecule has 0 saturated carbocycles. The van der Waals surface area contributed by atoms with Gasteiger partial charge in [0.2, 0.25) is 0 Å². The smallest absolute Gasteiger partial charge is 0.306 e. The predicted molar refractivity (Wildman–Crippen MR) is 107 cm³/mol. The molecule has 0 fully saturated rings. The van der Waals surface area contributed by atoms with E-state index < -0.39 is 0 Å². The second-order valence-corrected chi connectivity index (χ2v) is 6.61. The molecule has 2 aromatic carbocycles. The van der Waals surface area contributed by atoms with E-state index in [1.54, 1.807) is 0 Å². The molecule has 0 bridgehead atoms. The van der Waals surface area contributed by atoms with E-state index in [-0.39, 0.29) is 31.2 Å². The quantitative estimate of drug-likeness (QED) is 0.366. The van der Waals surface area contributed by atoms with E-state index in [0.717, 1.165) is 17.7 Å². The molecule has 0 saturated heterocycles. The molecule has 2 rings (SSSR count). The van der Waals surface area contributed by atoms with Crippen LogP contribution < -0.4 is 4.72 Å². The molecule has 0 spiro atoms. The fourth-order valence-electron chi connectivity index (χ4n) is 2.27. The number of rotatable bonds is 10. The lowest BCUT2D eigenvalue weighted by Crippen LogP contribution is -2.09. The number of nitrogens with one attached hydrogen (secondary N) is 1. The van der Waals surface area contributed by atoms with E-state index in [0.29, 0.717) is 4.91 Å². The molecule has 136 valence electrons. The van der Waals surface area contributed by atoms with E-state index in [4.69, 9.17) is 4.74 Å². The van der Waals surface area contributed by atoms with Gasteiger partial charge < -0.3 is 9.46 Å². The molecule has 1 N–H and O–H groups in total. The minimum absolute atomic E-state index is 0.0524. The van der Waals surface area contributed by atoms with Crippen LogP contribution in [0.2, 0.25) is 0 Å². The number of hydrogen-bond acceptors (Lipinski definition) is 5. The summed E-state index contributed by atoms with van der Waals surface area (Å²) in [4.78, 5) is 24.3. The van der Waals surface area contributed by atoms with Gasteiger partial charge in [0, 0.05) is 12.1 Å². The maximum Gasteiger partial charge on any atom is 0.306 e. The van der Waals surface area contributed by atoms with Crippen LogP contribution in [0, 0.1) is 0 Å². The Labute approximate surface area is 158 Å². The average Bonchev–Trinajstić information content (AvgIpc) is 2.69. The Morgan fingerprint density at radius 2 is 1.73 bits per heavy atom. The number of carbonyl (C=O) groups excluding carboxylic acids is 2. The Balaban J connectivity index is 1.71. The van der Waals surface area contributed by atoms with E-state index in [1.807, 2.05) is 54.6 Å². The van der Waals surface area contributed by atoms with Crippen molar-refractivity contribution < 1.29 is 14.3 Å². The van der Waals surface area contributed by atoms with Crippen molar-refractivity contribution in [1.29, 1.82) is 0 Å². The third kappa shape index (κ3) is 6.41. The van der Waals surface area contributed by atoms with Crippen LogP contribution in [0.5, 0.6) is 0 Å². The van der Waals surface area contributed by atoms with E-state index in [2.05, 4.69) is 18.2 Å². The minimum Gasteiger partial charge on any atom is -0.461 e. The van der Waals surface area contributed by atoms with Crippen LogP contribution in [0.3, 0.4) is 0 Å². The molecule has 0 aliphatic rings. The van der Waals surface area contributed by atoms with E-state index in [9.17, 15) is 9.59 Å². The largest absolute Gasteiger partial charge is 0.461 e. The highest BCUT2D eigenvalue weighted by Gasteiger charge is 2.12. The Morgan fingerprint density at radius 3 is 2.46 bits per heavy atom. The van der Waals surface area contributed by atoms with Crippen molar-refractivity contribution >= 4 is 29.4 Å². The van der Waals surface area contributed by atoms with Gasteiger partial charge in [-0.15, -0.1) is 0 Å². The number of para-hydroxylation sites is 1. The Kier molecular flexibility index (Phi) is 7.96. The summed E-state index contributed by atoms with van der Waals surface area (Å²) in [6.07, 6.45) is 1.05. The van der Waals surface area contributed by atoms with Gasteiger partial charge >= 0.3 is 5.97 Å². The number of esters is 1. The number of carbonyl (C=O) groups is 2. The highest BCUT2D eigenvalue weighted by Crippen LogP contribution is 2.24. The molecule has 0 aromatic heterocycles. The van der Waals surface area contributed by atoms with E-state index >= 15 is 0 Å². The molecular formula is C21H23NO3S. The summed E-state index contributed by atoms with van der Waals surface area (Å²) in [5.41, 5.74) is 3.06. The molecular weight excluding hydrogens is 346 g/mol. The van der Waals surface area contributed by atoms with Gasteiger partial charge in [0.05, 0.1) is 11.3 Å². The lowest BCUT2D eigenvalue weighted by molar-refractivity contribution is -0.145. The van der Waals surface area contributed by atoms with Gasteiger partial charge in [0.25, 0.3) is 0 Å². The standard InChI is InChI=1S/C21H23NO3S/c1-3-18-11-7-8-12-19(18)22-26-16(2)20(23)13-14-21(24)25-15-17-9-5-4-6-10-17/h4-12,22H,2-3,13-15H2,1H3. The van der Waals surface area contributed by atoms with Crippen LogP contribution >= 0.6 is 11.9 Å². The van der Waals surface area contributed by atoms with Crippen LogP contribution in [0.1, 0.15) is 30.9 Å². The third-order valence-electron chi connectivity index (χ3n) is 3.79. The van der Waals surface area contributed by atoms with Crippen molar-refractivity contribution in [1.82, 2.24) is 0 Å². The molecule has 0 aliphatic carbocycles. The summed E-state index contributed by atoms with van der Waals surface area (Å²) in [7, 11) is 0. The maximum absolute atomic E-state index is 12.1. The van der Waals surface area contributed by atoms with Crippen molar-refractivity contribution in [2.75, 3.05) is 4.72 Å². The Morgan fingerprint density at radius 1 is 1.04 bits per heavy atom. The molecule has 2 aromatic rings. The van der Waals surface area contributed by atoms with Crippen LogP contribution in [0.15, 0.2) is 66.1 Å². The molecule has 0 aliphatic heterocycles. The van der Waals surface area contributed by atoms with Crippen LogP contribution in [0.25, 0.3) is 0 Å². The summed E-state index contributed by atoms with van der Waals surface area (Å²) in [5.74, 6) is -0.544. The van der Waals surface area contributed by atoms with Crippen LogP contribution in [0.4, 0.5) is 5.69 Å². The number of ketones is 1. The highest BCUT2D eigenvalue weighted by molar-refractivity contribution is 8.05. The number of benzene rings is 2. The van der Waals surface area contributed by atoms with Gasteiger partial charge in [0.15, 0.2) is 5.78 Å². The second-order valence-electron chi connectivity index (χ2n) is 5.71. The molecule has 26 heavy (non-hydrogen) atoms. The first-order valence-electron chi connectivity index (χ1n) is 8.52. The molecule has 0 heterocycles. The summed E-state index contributed by atoms with van der Waals surface area (Å²) in [6.45, 7) is 6.09. The lowest BCUT2D eigenvalue weighted by Gasteiger charge is -2.10. The van der Waals surface area contributed by atoms with Gasteiger partial charge in [-0.1, -0.05) is 62.0 Å². The highest BCUT2D eigenvalue weighted by atomic mass is 32.2. The molecule has 0 unspecified atom stereocenters. The fourth-order valence-corrected chi connectivity index (χ4v) is 2.92. The van der Waals surface area contributed by atoms with Crippen molar-refractivity contribution in [2.45, 2.75) is 32.8 Å². The number of hydrogen-bond donors (Lipinski definition) is 1. The van der Waals surface area contributed by atoms with Crippen molar-refractivity contribution in [3.05, 3.63) is 77.2 Å². The van der Waals surface area contributed by atoms with Gasteiger partial charge in [-0.3, -0.25) is 9.59 Å². The average molecular weight is 369 g/mol. The van der Waals surface area contributed by atoms with Gasteiger partial charge in [-0.2, -0.15) is 0 Å². The van der Waals surface area contributed by atoms with Crippen LogP contribution in [-0.4, -0.2) is 11.8 Å². The zero-order chi connectivity index (χ0) is 18.8. The minimum atomic E-state index is -0.385. The normalized spacial score (nSPS) is 10.2. The summed E-state index contributed by atoms with van der Waals surface area (Å²) < 4.78 is 8.33. The zero-order valence-electron chi connectivity index (χ0n) is 14.9. The number of ether oxygens (including phenoxy) is 1. The fraction of sp³-hybridized carbons (Fsp3) is 0.238. The number of Topliss-reactive ketones (excluding diaryl/α,β-unsaturated/α-hetero) is 1. The van der Waals surface area contributed by atoms with E-state index in [1.165, 1.54) is 17.5 Å². The first-order chi connectivity index (χ1) is 12.6. The summed E-state index contributed by atoms with van der Waals surface area (Å²) in [6, 6.07) is 17.4. The van der Waals surface area contributed by atoms with Crippen molar-refractivity contribution in [3.8, 4) is 0 Å². The van der Waals surface area contributed by atoms with Crippen molar-refractivity contribution in [3.63, 3.8) is 0 Å². The van der Waals surface area contributed by atoms with Gasteiger partial charge in [-0.05, 0) is 35.6 Å². The predicted octanol–water partition coefficient (Wildman–Crippen LogP) is 4.92. The first kappa shape index (κ1) is 19.8. The molecule has 0 radical (unpaired) electrons. The second kappa shape index (κ2) is 10.5. The SMILES string of the molecule is C=C(SNc1ccccc1CC)C(=O)CCC(=O)OCc1ccccc1. The number of anilines is 1. The monoisotopic (exact) mass is 369 g/mol. The molecule has 0 atom stereocenters. The zero-order valence-corrected chi connectivity index (χ0v) is 15.7. The van der Waals surface area contributed by atoms with Gasteiger partial charge in [0.1, 0.15) is 6.61 Å². The molecule has 4 nitrogen and oxygen atoms in total. The lowest BCUT2D eigenvalue weighted by atomic mass is 10.1. The number of allylic oxidation sites excluding steroid dienone is 1. The maximum atomic E-state index is 12.1. The van der Waals surface area contributed by atoms with Crippen LogP contribution in [-0.2, 0) is 27.4 Å². The van der Waals surface area contributed by atoms with Crippen molar-refractivity contribution in [2.24, 2.45) is 0 Å². The molecule has 5 heteroatoms. The summed E-state index contributed by atoms with van der Waals surface area (Å²) >= 11 is 1.18. The Bertz CT molecular complexity index is 759. The molecule has 0 amide bonds. The topological polar surface area (TPSA) is 55.4 Å². The first-order valence-corrected chi connectivity index (χ1v) is 9.34. The number of aryl methyl sites for hydroxylation is 1. The third-order valence-corrected chi connectivity index (χ3v) is 4.59. The van der Waals surface area contributed by atoms with Gasteiger partial charge in [-0.25, -0.2) is 0 Å². The Hall–Kier alpha value is -2.53.